The molecule has 50 heavy (non-hydrogen) atoms. The SMILES string of the molecule is CC1=C(S(=O)(=O)O)c2nc1c(Br)c1[nH]c(c(Br)c3nc(c(Br)c4[nH]c(c(C)c4S(=O)(=O)O)c2Br)C(C)=C3CCC(=O)O)c(CCC(=O)O)c1C. The van der Waals surface area contributed by atoms with E-state index in [1.807, 2.05) is 0 Å². The Kier molecular flexibility index (Phi) is 10.5. The fraction of sp³-hybridized carbons (Fsp3) is 0.267. The third-order valence-corrected chi connectivity index (χ3v) is 13.6. The molecule has 0 radical (unpaired) electrons. The van der Waals surface area contributed by atoms with E-state index in [9.17, 15) is 45.7 Å². The molecular formula is C30H26Br4N4O10S2. The number of halogens is 4. The van der Waals surface area contributed by atoms with Gasteiger partial charge < -0.3 is 20.2 Å². The van der Waals surface area contributed by atoms with Gasteiger partial charge in [0.15, 0.2) is 0 Å². The molecule has 0 aromatic carbocycles. The number of rotatable bonds is 8. The Balaban J connectivity index is 2.17. The van der Waals surface area contributed by atoms with Crippen LogP contribution in [0.3, 0.4) is 0 Å². The molecule has 5 heterocycles. The molecule has 0 atom stereocenters. The van der Waals surface area contributed by atoms with Crippen molar-refractivity contribution in [1.82, 2.24) is 19.9 Å². The summed E-state index contributed by atoms with van der Waals surface area (Å²) in [6.45, 7) is 6.20. The summed E-state index contributed by atoms with van der Waals surface area (Å²) < 4.78 is 72.8. The van der Waals surface area contributed by atoms with Crippen LogP contribution in [-0.4, -0.2) is 68.0 Å². The van der Waals surface area contributed by atoms with Gasteiger partial charge >= 0.3 is 11.9 Å². The number of fused-ring (bicyclic) bond motifs is 8. The average Bonchev–Trinajstić information content (AvgIpc) is 3.73. The molecule has 3 aromatic heterocycles. The lowest BCUT2D eigenvalue weighted by Crippen LogP contribution is -2.01. The first kappa shape index (κ1) is 38.5. The van der Waals surface area contributed by atoms with Crippen LogP contribution >= 0.6 is 63.7 Å². The van der Waals surface area contributed by atoms with Gasteiger partial charge in [-0.1, -0.05) is 0 Å². The van der Waals surface area contributed by atoms with E-state index in [2.05, 4.69) is 78.7 Å². The number of hydrogen-bond donors (Lipinski definition) is 6. The van der Waals surface area contributed by atoms with Crippen LogP contribution in [-0.2, 0) is 36.2 Å². The van der Waals surface area contributed by atoms with E-state index in [4.69, 9.17) is 4.98 Å². The van der Waals surface area contributed by atoms with Crippen molar-refractivity contribution in [2.24, 2.45) is 0 Å². The van der Waals surface area contributed by atoms with Crippen molar-refractivity contribution >= 4 is 140 Å². The largest absolute Gasteiger partial charge is 0.481 e. The summed E-state index contributed by atoms with van der Waals surface area (Å²) in [4.78, 5) is 37.9. The number of carbonyl (C=O) groups is 2. The number of aromatic amines is 2. The summed E-state index contributed by atoms with van der Waals surface area (Å²) in [5.74, 6) is -2.14. The van der Waals surface area contributed by atoms with E-state index in [0.29, 0.717) is 37.8 Å². The lowest BCUT2D eigenvalue weighted by atomic mass is 10.0. The maximum atomic E-state index is 12.9. The van der Waals surface area contributed by atoms with Crippen LogP contribution in [0, 0.1) is 13.8 Å². The Bertz CT molecular complexity index is 2540. The van der Waals surface area contributed by atoms with Crippen molar-refractivity contribution in [2.75, 3.05) is 0 Å². The highest BCUT2D eigenvalue weighted by Gasteiger charge is 2.33. The molecule has 20 heteroatoms. The summed E-state index contributed by atoms with van der Waals surface area (Å²) >= 11 is 14.0. The van der Waals surface area contributed by atoms with Crippen molar-refractivity contribution in [2.45, 2.75) is 58.3 Å². The highest BCUT2D eigenvalue weighted by atomic mass is 79.9. The Morgan fingerprint density at radius 2 is 1.08 bits per heavy atom. The minimum Gasteiger partial charge on any atom is -0.481 e. The summed E-state index contributed by atoms with van der Waals surface area (Å²) in [6.07, 6.45) is -0.471. The van der Waals surface area contributed by atoms with Gasteiger partial charge in [0.25, 0.3) is 20.2 Å². The van der Waals surface area contributed by atoms with Crippen LogP contribution in [0.15, 0.2) is 22.8 Å². The van der Waals surface area contributed by atoms with Crippen molar-refractivity contribution in [3.05, 3.63) is 57.4 Å². The van der Waals surface area contributed by atoms with Crippen LogP contribution in [0.1, 0.15) is 72.6 Å². The van der Waals surface area contributed by atoms with Gasteiger partial charge in [-0.05, 0) is 138 Å². The molecule has 5 rings (SSSR count). The van der Waals surface area contributed by atoms with Gasteiger partial charge in [0.1, 0.15) is 15.5 Å². The van der Waals surface area contributed by atoms with E-state index in [1.165, 1.54) is 13.8 Å². The lowest BCUT2D eigenvalue weighted by molar-refractivity contribution is -0.137. The quantitative estimate of drug-likeness (QED) is 0.118. The fourth-order valence-corrected chi connectivity index (χ4v) is 10.9. The van der Waals surface area contributed by atoms with Gasteiger partial charge in [0.05, 0.1) is 57.0 Å². The van der Waals surface area contributed by atoms with Gasteiger partial charge in [-0.15, -0.1) is 0 Å². The maximum absolute atomic E-state index is 12.9. The van der Waals surface area contributed by atoms with Gasteiger partial charge in [-0.25, -0.2) is 9.97 Å². The average molecular weight is 986 g/mol. The second kappa shape index (κ2) is 13.7. The molecule has 0 amide bonds. The minimum absolute atomic E-state index is 0.000634. The zero-order valence-corrected chi connectivity index (χ0v) is 34.3. The number of carboxylic acid groups (broad SMARTS) is 2. The van der Waals surface area contributed by atoms with Crippen molar-refractivity contribution in [3.8, 4) is 0 Å². The lowest BCUT2D eigenvalue weighted by Gasteiger charge is -2.06. The second-order valence-electron chi connectivity index (χ2n) is 11.5. The van der Waals surface area contributed by atoms with Gasteiger partial charge in [-0.3, -0.25) is 18.7 Å². The normalized spacial score (nSPS) is 13.8. The Hall–Kier alpha value is -2.72. The van der Waals surface area contributed by atoms with Crippen molar-refractivity contribution < 1.29 is 45.7 Å². The highest BCUT2D eigenvalue weighted by molar-refractivity contribution is 9.11. The number of aliphatic carboxylic acids is 2. The monoisotopic (exact) mass is 982 g/mol. The number of hydrogen-bond acceptors (Lipinski definition) is 8. The zero-order valence-electron chi connectivity index (χ0n) is 26.3. The highest BCUT2D eigenvalue weighted by Crippen LogP contribution is 2.46. The number of nitrogens with one attached hydrogen (secondary N) is 2. The Morgan fingerprint density at radius 1 is 0.620 bits per heavy atom. The van der Waals surface area contributed by atoms with E-state index < -0.39 is 42.0 Å². The number of aryl methyl sites for hydroxylation is 3. The first-order chi connectivity index (χ1) is 23.1. The predicted molar refractivity (Wildman–Crippen MR) is 200 cm³/mol. The van der Waals surface area contributed by atoms with Crippen LogP contribution in [0.5, 0.6) is 0 Å². The molecular weight excluding hydrogens is 960 g/mol. The number of H-pyrrole nitrogens is 2. The topological polar surface area (TPSA) is 241 Å². The minimum atomic E-state index is -4.96. The molecule has 6 N–H and O–H groups in total. The number of aromatic nitrogens is 4. The molecule has 14 nitrogen and oxygen atoms in total. The first-order valence-electron chi connectivity index (χ1n) is 14.4. The van der Waals surface area contributed by atoms with Gasteiger partial charge in [0.2, 0.25) is 0 Å². The van der Waals surface area contributed by atoms with Crippen LogP contribution in [0.2, 0.25) is 0 Å². The van der Waals surface area contributed by atoms with Crippen molar-refractivity contribution in [1.29, 1.82) is 0 Å². The molecule has 8 bridgehead atoms. The molecule has 266 valence electrons. The van der Waals surface area contributed by atoms with E-state index in [1.54, 1.807) is 13.8 Å². The smallest absolute Gasteiger partial charge is 0.303 e. The summed E-state index contributed by atoms with van der Waals surface area (Å²) in [5, 5.41) is 19.1. The third kappa shape index (κ3) is 6.68. The molecule has 2 aliphatic rings. The Labute approximate surface area is 318 Å². The molecule has 3 aromatic rings. The predicted octanol–water partition coefficient (Wildman–Crippen LogP) is 7.82. The molecule has 0 aliphatic carbocycles. The molecule has 2 aliphatic heterocycles. The zero-order chi connectivity index (χ0) is 37.4. The molecule has 0 saturated heterocycles. The molecule has 0 saturated carbocycles. The van der Waals surface area contributed by atoms with Gasteiger partial charge in [0, 0.05) is 12.8 Å². The fourth-order valence-electron chi connectivity index (χ4n) is 6.06. The number of carboxylic acids is 2. The summed E-state index contributed by atoms with van der Waals surface area (Å²) in [7, 11) is -9.90. The van der Waals surface area contributed by atoms with E-state index in [0.717, 1.165) is 0 Å². The standard InChI is InChI=1S/C30H26Br4N4O10S2/c1-9-13(5-7-15(39)40)25-20(34)26-14(6-8-16(41)42)10(2)22(36-26)18(32)27-30(50(46,47)48)12(4)24(38-27)19(33)28-29(49(43,44)45)11(3)23(37-28)17(31)21(9)35-25/h35,38H,5-8H2,1-4H3,(H,39,40)(H,41,42)(H,43,44,45)(H,46,47,48). The Morgan fingerprint density at radius 3 is 1.64 bits per heavy atom. The molecule has 0 spiro atoms. The van der Waals surface area contributed by atoms with Crippen LogP contribution in [0.25, 0.3) is 43.7 Å². The third-order valence-electron chi connectivity index (χ3n) is 8.43. The van der Waals surface area contributed by atoms with Crippen LogP contribution < -0.4 is 0 Å². The molecule has 0 fully saturated rings. The number of allylic oxidation sites excluding steroid dienone is 3. The number of nitrogens with zero attached hydrogens (tertiary/aromatic N) is 2. The van der Waals surface area contributed by atoms with E-state index in [-0.39, 0.29) is 84.0 Å². The summed E-state index contributed by atoms with van der Waals surface area (Å²) in [5.41, 5.74) is 2.99. The second-order valence-corrected chi connectivity index (χ2v) is 17.4. The maximum Gasteiger partial charge on any atom is 0.303 e. The van der Waals surface area contributed by atoms with Crippen molar-refractivity contribution in [3.63, 3.8) is 0 Å². The van der Waals surface area contributed by atoms with E-state index >= 15 is 0 Å². The van der Waals surface area contributed by atoms with Crippen LogP contribution in [0.4, 0.5) is 0 Å². The van der Waals surface area contributed by atoms with Gasteiger partial charge in [-0.2, -0.15) is 16.8 Å². The summed E-state index contributed by atoms with van der Waals surface area (Å²) in [6, 6.07) is 0. The first-order valence-corrected chi connectivity index (χ1v) is 20.4. The molecule has 0 unspecified atom stereocenters.